The zero-order chi connectivity index (χ0) is 53.4. The Morgan fingerprint density at radius 3 is 2.43 bits per heavy atom. The Kier molecular flexibility index (Phi) is 14.0. The van der Waals surface area contributed by atoms with Crippen molar-refractivity contribution in [2.45, 2.75) is 137 Å². The van der Waals surface area contributed by atoms with E-state index >= 15 is 4.39 Å². The van der Waals surface area contributed by atoms with Crippen LogP contribution in [-0.4, -0.2) is 156 Å². The van der Waals surface area contributed by atoms with E-state index in [-0.39, 0.29) is 89.4 Å². The second-order valence-electron chi connectivity index (χ2n) is 22.6. The van der Waals surface area contributed by atoms with Gasteiger partial charge in [0.2, 0.25) is 28.8 Å². The molecule has 2 spiro atoms. The van der Waals surface area contributed by atoms with E-state index in [1.807, 2.05) is 21.9 Å². The molecule has 10 aliphatic rings. The number of amides is 3. The quantitative estimate of drug-likeness (QED) is 0.0888. The summed E-state index contributed by atoms with van der Waals surface area (Å²) in [5.74, 6) is -3.85. The molecule has 20 nitrogen and oxygen atoms in total. The zero-order valence-electron chi connectivity index (χ0n) is 42.6. The number of aliphatic carboxylic acids is 1. The number of carbonyl (C=O) groups is 5. The summed E-state index contributed by atoms with van der Waals surface area (Å²) in [6, 6.07) is 9.02. The van der Waals surface area contributed by atoms with Gasteiger partial charge in [-0.25, -0.2) is 14.0 Å². The highest BCUT2D eigenvalue weighted by Gasteiger charge is 2.70. The first-order chi connectivity index (χ1) is 37.1. The molecule has 3 amide bonds. The number of fused-ring (bicyclic) bond motifs is 1. The normalized spacial score (nSPS) is 32.5. The van der Waals surface area contributed by atoms with Gasteiger partial charge in [0.05, 0.1) is 22.6 Å². The van der Waals surface area contributed by atoms with Crippen LogP contribution >= 0.6 is 23.5 Å². The molecule has 4 bridgehead atoms. The molecule has 6 aliphatic carbocycles. The van der Waals surface area contributed by atoms with Crippen molar-refractivity contribution < 1.29 is 62.9 Å². The molecule has 1 aromatic heterocycles. The topological polar surface area (TPSA) is 251 Å². The highest BCUT2D eigenvalue weighted by atomic mass is 32.2. The zero-order valence-corrected chi connectivity index (χ0v) is 44.2. The lowest BCUT2D eigenvalue weighted by molar-refractivity contribution is -0.392. The average Bonchev–Trinajstić information content (AvgIpc) is 4.09. The summed E-state index contributed by atoms with van der Waals surface area (Å²) in [6.45, 7) is 1.97. The number of hydrogen-bond donors (Lipinski definition) is 5. The summed E-state index contributed by atoms with van der Waals surface area (Å²) in [4.78, 5) is 100. The molecule has 412 valence electrons. The molecule has 4 aliphatic heterocycles. The van der Waals surface area contributed by atoms with Crippen LogP contribution in [0.15, 0.2) is 52.4 Å². The number of carbonyl (C=O) groups excluding carboxylic acids is 3. The molecule has 7 atom stereocenters. The predicted molar refractivity (Wildman–Crippen MR) is 281 cm³/mol. The molecule has 6 saturated carbocycles. The minimum atomic E-state index is -1.35. The van der Waals surface area contributed by atoms with Crippen molar-refractivity contribution in [2.75, 3.05) is 55.7 Å². The molecule has 5 N–H and O–H groups in total. The third-order valence-electron chi connectivity index (χ3n) is 17.5. The first-order valence-corrected chi connectivity index (χ1v) is 29.2. The van der Waals surface area contributed by atoms with Gasteiger partial charge in [-0.2, -0.15) is 9.78 Å². The summed E-state index contributed by atoms with van der Waals surface area (Å²) >= 11 is 3.13. The van der Waals surface area contributed by atoms with Gasteiger partial charge >= 0.3 is 18.0 Å². The number of rotatable bonds is 15. The number of carboxylic acids is 2. The maximum Gasteiger partial charge on any atom is 0.410 e. The van der Waals surface area contributed by atoms with Crippen molar-refractivity contribution in [2.24, 2.45) is 22.7 Å². The standard InChI is InChI=1S/C54H64FN7O13S2/c55-38-21-36-40(62(33-8-9-33)27-37(46(36)66)49(67)68)22-41(38)59-15-17-60(18-16-59)51(71)72-34-5-3-12-53(26-34)73-54(75-74-53)31-19-30-20-32(54)25-52(23-30,24-31)58-45(65)11-10-44(64)56-13-4-14-61-42(50(69)70)29-77-48(61)39-28-76-47(57-39)35-6-1-2-7-43(35)63/h1-2,6-7,21-22,27,30-34,39,42,48,63H,3-5,8-20,23-26,28-29H2,(H,56,64)(H,58,65)(H,67,68)(H,69,70). The number of phenolic OH excluding ortho intramolecular Hbond substituents is 1. The number of aliphatic imine (C=N–C) groups is 1. The molecule has 3 saturated heterocycles. The number of pyridine rings is 1. The van der Waals surface area contributed by atoms with Gasteiger partial charge in [-0.05, 0) is 94.4 Å². The minimum absolute atomic E-state index is 0.0196. The first kappa shape index (κ1) is 52.3. The first-order valence-electron chi connectivity index (χ1n) is 27.1. The Morgan fingerprint density at radius 1 is 0.922 bits per heavy atom. The molecule has 77 heavy (non-hydrogen) atoms. The molecular weight excluding hydrogens is 1040 g/mol. The van der Waals surface area contributed by atoms with Crippen LogP contribution in [-0.2, 0) is 33.6 Å². The highest BCUT2D eigenvalue weighted by molar-refractivity contribution is 8.14. The molecule has 2 aromatic carbocycles. The van der Waals surface area contributed by atoms with Crippen LogP contribution in [0, 0.1) is 23.6 Å². The number of halogens is 1. The second kappa shape index (κ2) is 20.6. The van der Waals surface area contributed by atoms with E-state index in [1.165, 1.54) is 6.20 Å². The second-order valence-corrected chi connectivity index (χ2v) is 24.8. The lowest BCUT2D eigenvalue weighted by atomic mass is 9.50. The van der Waals surface area contributed by atoms with Crippen molar-refractivity contribution in [3.8, 4) is 5.75 Å². The third-order valence-corrected chi connectivity index (χ3v) is 20.1. The number of phenols is 1. The van der Waals surface area contributed by atoms with Crippen LogP contribution < -0.4 is 21.0 Å². The summed E-state index contributed by atoms with van der Waals surface area (Å²) in [6.07, 6.45) is 8.65. The smallest absolute Gasteiger partial charge is 0.410 e. The van der Waals surface area contributed by atoms with Gasteiger partial charge in [0.1, 0.15) is 34.3 Å². The number of piperazine rings is 1. The number of aromatic nitrogens is 1. The number of nitrogens with one attached hydrogen (secondary N) is 2. The molecule has 9 fully saturated rings. The van der Waals surface area contributed by atoms with Gasteiger partial charge in [0.15, 0.2) is 0 Å². The molecule has 5 heterocycles. The van der Waals surface area contributed by atoms with E-state index < -0.39 is 58.5 Å². The number of ether oxygens (including phenoxy) is 2. The van der Waals surface area contributed by atoms with Gasteiger partial charge in [-0.15, -0.1) is 23.5 Å². The SMILES string of the molecule is O=C(CCC(=O)NC12CC3CC(C1)C1(OOC4(CCCC(OC(=O)N5CCN(c6cc7c(cc6F)c(=O)c(C(=O)O)cn7C6CC6)CC5)C4)O1)C(C3)C2)NCCCN1C(C(=O)O)CSC1C1CSC(c2ccccc2O)=N1. The summed E-state index contributed by atoms with van der Waals surface area (Å²) < 4.78 is 30.5. The molecule has 0 radical (unpaired) electrons. The Bertz CT molecular complexity index is 2950. The predicted octanol–water partition coefficient (Wildman–Crippen LogP) is 5.82. The number of para-hydroxylation sites is 1. The van der Waals surface area contributed by atoms with Crippen LogP contribution in [0.2, 0.25) is 0 Å². The maximum atomic E-state index is 15.7. The maximum absolute atomic E-state index is 15.7. The molecule has 13 rings (SSSR count). The number of nitrogens with zero attached hydrogens (tertiary/aromatic N) is 5. The van der Waals surface area contributed by atoms with Gasteiger partial charge in [0.25, 0.3) is 0 Å². The number of anilines is 1. The van der Waals surface area contributed by atoms with Gasteiger partial charge in [-0.1, -0.05) is 12.1 Å². The van der Waals surface area contributed by atoms with Crippen LogP contribution in [0.1, 0.15) is 112 Å². The summed E-state index contributed by atoms with van der Waals surface area (Å²) in [5, 5.41) is 36.9. The van der Waals surface area contributed by atoms with Crippen LogP contribution in [0.5, 0.6) is 5.75 Å². The van der Waals surface area contributed by atoms with E-state index in [9.17, 15) is 44.1 Å². The number of aromatic hydroxyl groups is 1. The van der Waals surface area contributed by atoms with E-state index in [2.05, 4.69) is 10.6 Å². The van der Waals surface area contributed by atoms with Crippen LogP contribution in [0.3, 0.4) is 0 Å². The van der Waals surface area contributed by atoms with Crippen molar-refractivity contribution in [1.29, 1.82) is 0 Å². The number of thioether (sulfide) groups is 2. The van der Waals surface area contributed by atoms with Crippen molar-refractivity contribution in [1.82, 2.24) is 25.0 Å². The minimum Gasteiger partial charge on any atom is -0.507 e. The largest absolute Gasteiger partial charge is 0.507 e. The Labute approximate surface area is 451 Å². The van der Waals surface area contributed by atoms with Gasteiger partial charge in [0, 0.05) is 117 Å². The average molecular weight is 1100 g/mol. The fraction of sp³-hybridized carbons (Fsp3) is 0.611. The molecular formula is C54H64FN7O13S2. The molecule has 3 aromatic rings. The van der Waals surface area contributed by atoms with Crippen molar-refractivity contribution in [3.05, 3.63) is 69.8 Å². The lowest BCUT2D eigenvalue weighted by Gasteiger charge is -2.62. The van der Waals surface area contributed by atoms with E-state index in [0.717, 1.165) is 43.2 Å². The van der Waals surface area contributed by atoms with Crippen molar-refractivity contribution in [3.63, 3.8) is 0 Å². The highest BCUT2D eigenvalue weighted by Crippen LogP contribution is 2.65. The van der Waals surface area contributed by atoms with Crippen LogP contribution in [0.4, 0.5) is 14.9 Å². The van der Waals surface area contributed by atoms with E-state index in [0.29, 0.717) is 99.6 Å². The number of benzene rings is 2. The van der Waals surface area contributed by atoms with E-state index in [1.54, 1.807) is 51.2 Å². The summed E-state index contributed by atoms with van der Waals surface area (Å²) in [7, 11) is 0. The van der Waals surface area contributed by atoms with E-state index in [4.69, 9.17) is 24.2 Å². The summed E-state index contributed by atoms with van der Waals surface area (Å²) in [5.41, 5.74) is -0.124. The van der Waals surface area contributed by atoms with Gasteiger partial charge < -0.3 is 49.8 Å². The Hall–Kier alpha value is -5.46. The van der Waals surface area contributed by atoms with Gasteiger partial charge in [-0.3, -0.25) is 29.1 Å². The number of carboxylic acid groups (broad SMARTS) is 2. The number of aromatic carboxylic acids is 1. The molecule has 7 unspecified atom stereocenters. The Balaban J connectivity index is 0.600. The van der Waals surface area contributed by atoms with Crippen molar-refractivity contribution >= 4 is 75.0 Å². The Morgan fingerprint density at radius 2 is 1.69 bits per heavy atom. The van der Waals surface area contributed by atoms with Crippen LogP contribution in [0.25, 0.3) is 10.9 Å². The fourth-order valence-corrected chi connectivity index (χ4v) is 16.7. The monoisotopic (exact) mass is 1100 g/mol. The molecule has 23 heteroatoms. The fourth-order valence-electron chi connectivity index (χ4n) is 13.9. The lowest BCUT2D eigenvalue weighted by Crippen LogP contribution is -2.69. The number of hydrogen-bond acceptors (Lipinski definition) is 16. The third kappa shape index (κ3) is 10.1.